The molecular weight excluding hydrogens is 302 g/mol. The smallest absolute Gasteiger partial charge is 0.387 e. The first-order valence-electron chi connectivity index (χ1n) is 8.00. The zero-order valence-electron chi connectivity index (χ0n) is 13.6. The van der Waals surface area contributed by atoms with Gasteiger partial charge in [0.2, 0.25) is 5.91 Å². The average Bonchev–Trinajstić information content (AvgIpc) is 3.00. The van der Waals surface area contributed by atoms with E-state index in [-0.39, 0.29) is 17.7 Å². The van der Waals surface area contributed by atoms with E-state index in [1.54, 1.807) is 12.1 Å². The van der Waals surface area contributed by atoms with Crippen LogP contribution in [0.25, 0.3) is 0 Å². The number of halogens is 2. The van der Waals surface area contributed by atoms with Crippen LogP contribution in [0.3, 0.4) is 0 Å². The quantitative estimate of drug-likeness (QED) is 0.837. The summed E-state index contributed by atoms with van der Waals surface area (Å²) in [7, 11) is 1.88. The van der Waals surface area contributed by atoms with Crippen LogP contribution in [0.1, 0.15) is 38.2 Å². The van der Waals surface area contributed by atoms with E-state index in [2.05, 4.69) is 10.1 Å². The number of carbonyl (C=O) groups excluding carboxylic acids is 1. The molecule has 0 heterocycles. The van der Waals surface area contributed by atoms with E-state index in [1.165, 1.54) is 25.0 Å². The normalized spacial score (nSPS) is 16.8. The molecule has 0 spiro atoms. The van der Waals surface area contributed by atoms with E-state index in [9.17, 15) is 13.6 Å². The zero-order chi connectivity index (χ0) is 16.8. The number of nitrogens with zero attached hydrogens (tertiary/aromatic N) is 1. The Morgan fingerprint density at radius 2 is 1.91 bits per heavy atom. The van der Waals surface area contributed by atoms with Gasteiger partial charge < -0.3 is 10.1 Å². The molecule has 1 aliphatic rings. The molecule has 0 saturated heterocycles. The first kappa shape index (κ1) is 17.7. The van der Waals surface area contributed by atoms with Crippen molar-refractivity contribution >= 4 is 5.91 Å². The van der Waals surface area contributed by atoms with E-state index in [0.29, 0.717) is 12.6 Å². The fourth-order valence-electron chi connectivity index (χ4n) is 2.79. The molecule has 2 rings (SSSR count). The van der Waals surface area contributed by atoms with E-state index in [0.717, 1.165) is 18.4 Å². The number of amides is 1. The number of likely N-dealkylation sites (N-methyl/N-ethyl adjacent to an activating group) is 1. The summed E-state index contributed by atoms with van der Waals surface area (Å²) in [6, 6.07) is 6.56. The molecule has 1 aromatic carbocycles. The summed E-state index contributed by atoms with van der Waals surface area (Å²) < 4.78 is 28.6. The Bertz CT molecular complexity index is 502. The van der Waals surface area contributed by atoms with Gasteiger partial charge in [-0.2, -0.15) is 8.78 Å². The molecule has 1 aliphatic carbocycles. The lowest BCUT2D eigenvalue weighted by Crippen LogP contribution is -2.46. The minimum Gasteiger partial charge on any atom is -0.435 e. The largest absolute Gasteiger partial charge is 0.435 e. The van der Waals surface area contributed by atoms with Crippen molar-refractivity contribution in [2.45, 2.75) is 57.8 Å². The van der Waals surface area contributed by atoms with Crippen LogP contribution in [-0.2, 0) is 11.3 Å². The lowest BCUT2D eigenvalue weighted by Gasteiger charge is -2.25. The van der Waals surface area contributed by atoms with Crippen LogP contribution >= 0.6 is 0 Å². The van der Waals surface area contributed by atoms with Crippen molar-refractivity contribution in [1.29, 1.82) is 0 Å². The molecule has 0 aromatic heterocycles. The van der Waals surface area contributed by atoms with Gasteiger partial charge >= 0.3 is 6.61 Å². The predicted octanol–water partition coefficient (Wildman–Crippen LogP) is 3.17. The molecule has 1 amide bonds. The summed E-state index contributed by atoms with van der Waals surface area (Å²) in [6.45, 7) is -0.380. The molecule has 1 N–H and O–H groups in total. The molecular formula is C17H24F2N2O2. The van der Waals surface area contributed by atoms with Gasteiger partial charge in [0.05, 0.1) is 6.04 Å². The molecule has 6 heteroatoms. The number of hydrogen-bond acceptors (Lipinski definition) is 3. The molecule has 128 valence electrons. The first-order valence-corrected chi connectivity index (χ1v) is 8.00. The van der Waals surface area contributed by atoms with Crippen molar-refractivity contribution in [2.75, 3.05) is 7.05 Å². The second kappa shape index (κ2) is 8.24. The monoisotopic (exact) mass is 326 g/mol. The van der Waals surface area contributed by atoms with Gasteiger partial charge in [0.25, 0.3) is 0 Å². The molecule has 1 unspecified atom stereocenters. The number of carbonyl (C=O) groups is 1. The minimum atomic E-state index is -2.82. The average molecular weight is 326 g/mol. The van der Waals surface area contributed by atoms with Crippen molar-refractivity contribution in [3.8, 4) is 5.75 Å². The summed E-state index contributed by atoms with van der Waals surface area (Å²) in [4.78, 5) is 14.2. The number of nitrogens with one attached hydrogen (secondary N) is 1. The Balaban J connectivity index is 1.84. The summed E-state index contributed by atoms with van der Waals surface area (Å²) in [5.74, 6) is 0.176. The van der Waals surface area contributed by atoms with E-state index < -0.39 is 6.61 Å². The number of rotatable bonds is 7. The van der Waals surface area contributed by atoms with Crippen molar-refractivity contribution in [3.63, 3.8) is 0 Å². The zero-order valence-corrected chi connectivity index (χ0v) is 13.6. The van der Waals surface area contributed by atoms with E-state index >= 15 is 0 Å². The minimum absolute atomic E-state index is 0.0389. The summed E-state index contributed by atoms with van der Waals surface area (Å²) >= 11 is 0. The lowest BCUT2D eigenvalue weighted by molar-refractivity contribution is -0.126. The topological polar surface area (TPSA) is 41.6 Å². The maximum absolute atomic E-state index is 12.2. The second-order valence-electron chi connectivity index (χ2n) is 6.10. The fraction of sp³-hybridized carbons (Fsp3) is 0.588. The van der Waals surface area contributed by atoms with Crippen LogP contribution in [0.2, 0.25) is 0 Å². The van der Waals surface area contributed by atoms with Crippen LogP contribution in [0, 0.1) is 0 Å². The number of alkyl halides is 2. The molecule has 1 saturated carbocycles. The number of hydrogen-bond donors (Lipinski definition) is 1. The van der Waals surface area contributed by atoms with Crippen LogP contribution in [0.5, 0.6) is 5.75 Å². The van der Waals surface area contributed by atoms with Gasteiger partial charge in [0.15, 0.2) is 0 Å². The maximum Gasteiger partial charge on any atom is 0.387 e. The summed E-state index contributed by atoms with van der Waals surface area (Å²) in [6.07, 6.45) is 4.49. The Morgan fingerprint density at radius 3 is 2.48 bits per heavy atom. The summed E-state index contributed by atoms with van der Waals surface area (Å²) in [5.41, 5.74) is 0.939. The lowest BCUT2D eigenvalue weighted by atomic mass is 10.1. The molecule has 0 aliphatic heterocycles. The van der Waals surface area contributed by atoms with Gasteiger partial charge in [-0.15, -0.1) is 0 Å². The van der Waals surface area contributed by atoms with E-state index in [4.69, 9.17) is 0 Å². The first-order chi connectivity index (χ1) is 11.0. The molecule has 1 atom stereocenters. The van der Waals surface area contributed by atoms with Gasteiger partial charge in [-0.05, 0) is 44.5 Å². The highest BCUT2D eigenvalue weighted by Gasteiger charge is 2.23. The Kier molecular flexibility index (Phi) is 6.33. The molecule has 1 fully saturated rings. The standard InChI is InChI=1S/C17H24F2N2O2/c1-12(16(22)20-14-5-3-4-6-14)21(2)11-13-7-9-15(10-8-13)23-17(18)19/h7-10,12,14,17H,3-6,11H2,1-2H3,(H,20,22). The molecule has 4 nitrogen and oxygen atoms in total. The van der Waals surface area contributed by atoms with Gasteiger partial charge in [0, 0.05) is 12.6 Å². The van der Waals surface area contributed by atoms with Gasteiger partial charge in [-0.1, -0.05) is 25.0 Å². The maximum atomic E-state index is 12.2. The third-order valence-corrected chi connectivity index (χ3v) is 4.32. The molecule has 0 bridgehead atoms. The van der Waals surface area contributed by atoms with Gasteiger partial charge in [-0.25, -0.2) is 0 Å². The highest BCUT2D eigenvalue weighted by Crippen LogP contribution is 2.19. The predicted molar refractivity (Wildman–Crippen MR) is 84.4 cm³/mol. The highest BCUT2D eigenvalue weighted by atomic mass is 19.3. The third-order valence-electron chi connectivity index (χ3n) is 4.32. The highest BCUT2D eigenvalue weighted by molar-refractivity contribution is 5.81. The third kappa shape index (κ3) is 5.46. The Hall–Kier alpha value is -1.69. The van der Waals surface area contributed by atoms with Crippen LogP contribution in [0.4, 0.5) is 8.78 Å². The number of ether oxygens (including phenoxy) is 1. The molecule has 0 radical (unpaired) electrons. The van der Waals surface area contributed by atoms with Crippen LogP contribution in [-0.4, -0.2) is 36.5 Å². The van der Waals surface area contributed by atoms with E-state index in [1.807, 2.05) is 18.9 Å². The SMILES string of the molecule is CC(C(=O)NC1CCCC1)N(C)Cc1ccc(OC(F)F)cc1. The Morgan fingerprint density at radius 1 is 1.30 bits per heavy atom. The Labute approximate surface area is 135 Å². The van der Waals surface area contributed by atoms with Crippen molar-refractivity contribution in [1.82, 2.24) is 10.2 Å². The van der Waals surface area contributed by atoms with Crippen molar-refractivity contribution in [2.24, 2.45) is 0 Å². The summed E-state index contributed by atoms with van der Waals surface area (Å²) in [5, 5.41) is 3.09. The van der Waals surface area contributed by atoms with Crippen molar-refractivity contribution in [3.05, 3.63) is 29.8 Å². The molecule has 23 heavy (non-hydrogen) atoms. The van der Waals surface area contributed by atoms with Crippen LogP contribution in [0.15, 0.2) is 24.3 Å². The fourth-order valence-corrected chi connectivity index (χ4v) is 2.79. The number of benzene rings is 1. The van der Waals surface area contributed by atoms with Gasteiger partial charge in [-0.3, -0.25) is 9.69 Å². The molecule has 1 aromatic rings. The van der Waals surface area contributed by atoms with Gasteiger partial charge in [0.1, 0.15) is 5.75 Å². The second-order valence-corrected chi connectivity index (χ2v) is 6.10. The van der Waals surface area contributed by atoms with Crippen LogP contribution < -0.4 is 10.1 Å². The van der Waals surface area contributed by atoms with Crippen molar-refractivity contribution < 1.29 is 18.3 Å².